The lowest BCUT2D eigenvalue weighted by Gasteiger charge is -2.18. The third-order valence-corrected chi connectivity index (χ3v) is 5.74. The van der Waals surface area contributed by atoms with Crippen LogP contribution < -0.4 is 10.9 Å². The molecular formula is C28H26ClN3O2. The Labute approximate surface area is 203 Å². The van der Waals surface area contributed by atoms with Crippen LogP contribution in [0.4, 0.5) is 5.69 Å². The zero-order chi connectivity index (χ0) is 24.5. The first kappa shape index (κ1) is 23.5. The number of amides is 1. The normalized spacial score (nSPS) is 11.8. The molecule has 0 saturated carbocycles. The van der Waals surface area contributed by atoms with Gasteiger partial charge in [0.05, 0.1) is 16.6 Å². The molecule has 0 aliphatic rings. The summed E-state index contributed by atoms with van der Waals surface area (Å²) in [5, 5.41) is 3.73. The molecule has 34 heavy (non-hydrogen) atoms. The van der Waals surface area contributed by atoms with Gasteiger partial charge in [0.1, 0.15) is 5.82 Å². The van der Waals surface area contributed by atoms with E-state index < -0.39 is 0 Å². The highest BCUT2D eigenvalue weighted by Crippen LogP contribution is 2.23. The van der Waals surface area contributed by atoms with E-state index in [9.17, 15) is 9.59 Å². The van der Waals surface area contributed by atoms with E-state index in [2.05, 4.69) is 50.4 Å². The number of nitrogens with one attached hydrogen (secondary N) is 1. The number of hydrogen-bond donors (Lipinski definition) is 1. The maximum Gasteiger partial charge on any atom is 0.266 e. The van der Waals surface area contributed by atoms with Gasteiger partial charge in [-0.25, -0.2) is 4.98 Å². The summed E-state index contributed by atoms with van der Waals surface area (Å²) < 4.78 is 1.56. The molecule has 0 aliphatic carbocycles. The lowest BCUT2D eigenvalue weighted by atomic mass is 9.87. The van der Waals surface area contributed by atoms with Gasteiger partial charge < -0.3 is 5.32 Å². The molecule has 1 aromatic heterocycles. The van der Waals surface area contributed by atoms with Crippen LogP contribution in [0, 0.1) is 0 Å². The second kappa shape index (κ2) is 9.27. The van der Waals surface area contributed by atoms with Gasteiger partial charge in [0.25, 0.3) is 5.56 Å². The maximum atomic E-state index is 13.5. The van der Waals surface area contributed by atoms with Crippen LogP contribution in [0.5, 0.6) is 0 Å². The molecule has 0 spiro atoms. The lowest BCUT2D eigenvalue weighted by molar-refractivity contribution is -0.114. The van der Waals surface area contributed by atoms with Gasteiger partial charge in [0.15, 0.2) is 0 Å². The van der Waals surface area contributed by atoms with Crippen LogP contribution >= 0.6 is 11.6 Å². The monoisotopic (exact) mass is 471 g/mol. The Morgan fingerprint density at radius 3 is 2.26 bits per heavy atom. The van der Waals surface area contributed by atoms with Crippen LogP contribution in [0.25, 0.3) is 28.7 Å². The van der Waals surface area contributed by atoms with Crippen LogP contribution in [-0.4, -0.2) is 15.5 Å². The second-order valence-electron chi connectivity index (χ2n) is 9.21. The summed E-state index contributed by atoms with van der Waals surface area (Å²) >= 11 is 6.16. The smallest absolute Gasteiger partial charge is 0.266 e. The number of carbonyl (C=O) groups is 1. The molecule has 3 aromatic carbocycles. The fourth-order valence-corrected chi connectivity index (χ4v) is 3.87. The predicted octanol–water partition coefficient (Wildman–Crippen LogP) is 6.47. The van der Waals surface area contributed by atoms with Crippen LogP contribution in [0.2, 0.25) is 5.02 Å². The fourth-order valence-electron chi connectivity index (χ4n) is 3.70. The fraction of sp³-hybridized carbons (Fsp3) is 0.179. The average molecular weight is 472 g/mol. The Balaban J connectivity index is 1.82. The third-order valence-electron chi connectivity index (χ3n) is 5.50. The molecule has 5 nitrogen and oxygen atoms in total. The maximum absolute atomic E-state index is 13.5. The molecule has 0 atom stereocenters. The van der Waals surface area contributed by atoms with Crippen molar-refractivity contribution in [1.82, 2.24) is 9.55 Å². The minimum Gasteiger partial charge on any atom is -0.326 e. The second-order valence-corrected chi connectivity index (χ2v) is 9.64. The van der Waals surface area contributed by atoms with Crippen LogP contribution in [0.15, 0.2) is 71.5 Å². The highest BCUT2D eigenvalue weighted by Gasteiger charge is 2.14. The Morgan fingerprint density at radius 2 is 1.65 bits per heavy atom. The van der Waals surface area contributed by atoms with Gasteiger partial charge in [-0.05, 0) is 65.1 Å². The molecule has 0 saturated heterocycles. The van der Waals surface area contributed by atoms with Crippen molar-refractivity contribution < 1.29 is 4.79 Å². The highest BCUT2D eigenvalue weighted by molar-refractivity contribution is 6.31. The van der Waals surface area contributed by atoms with Gasteiger partial charge in [-0.15, -0.1) is 0 Å². The predicted molar refractivity (Wildman–Crippen MR) is 141 cm³/mol. The van der Waals surface area contributed by atoms with E-state index in [0.717, 1.165) is 5.56 Å². The summed E-state index contributed by atoms with van der Waals surface area (Å²) in [5.74, 6) is 0.321. The first-order valence-electron chi connectivity index (χ1n) is 11.0. The molecule has 1 heterocycles. The van der Waals surface area contributed by atoms with Gasteiger partial charge in [-0.1, -0.05) is 62.7 Å². The Hall–Kier alpha value is -3.70. The zero-order valence-electron chi connectivity index (χ0n) is 19.6. The van der Waals surface area contributed by atoms with Crippen molar-refractivity contribution in [2.45, 2.75) is 33.1 Å². The number of anilines is 1. The molecule has 172 valence electrons. The van der Waals surface area contributed by atoms with Gasteiger partial charge in [0.2, 0.25) is 5.91 Å². The Kier molecular flexibility index (Phi) is 6.40. The van der Waals surface area contributed by atoms with Crippen LogP contribution in [0.3, 0.4) is 0 Å². The number of nitrogens with zero attached hydrogens (tertiary/aromatic N) is 2. The average Bonchev–Trinajstić information content (AvgIpc) is 2.77. The summed E-state index contributed by atoms with van der Waals surface area (Å²) in [6.45, 7) is 7.99. The number of fused-ring (bicyclic) bond motifs is 1. The van der Waals surface area contributed by atoms with E-state index in [0.29, 0.717) is 33.1 Å². The van der Waals surface area contributed by atoms with Crippen molar-refractivity contribution >= 4 is 46.3 Å². The lowest BCUT2D eigenvalue weighted by Crippen LogP contribution is -2.22. The molecule has 6 heteroatoms. The molecular weight excluding hydrogens is 446 g/mol. The molecule has 0 aliphatic heterocycles. The van der Waals surface area contributed by atoms with Gasteiger partial charge in [-0.3, -0.25) is 14.2 Å². The summed E-state index contributed by atoms with van der Waals surface area (Å²) in [7, 11) is 0. The molecule has 1 amide bonds. The molecule has 1 N–H and O–H groups in total. The van der Waals surface area contributed by atoms with E-state index in [1.807, 2.05) is 12.2 Å². The molecule has 0 radical (unpaired) electrons. The number of rotatable bonds is 4. The minimum atomic E-state index is -0.198. The van der Waals surface area contributed by atoms with E-state index in [4.69, 9.17) is 16.6 Å². The summed E-state index contributed by atoms with van der Waals surface area (Å²) in [6, 6.07) is 20.5. The number of hydrogen-bond acceptors (Lipinski definition) is 3. The zero-order valence-corrected chi connectivity index (χ0v) is 20.4. The van der Waals surface area contributed by atoms with Crippen molar-refractivity contribution in [2.24, 2.45) is 0 Å². The first-order chi connectivity index (χ1) is 16.1. The molecule has 4 aromatic rings. The third kappa shape index (κ3) is 5.10. The number of aromatic nitrogens is 2. The molecule has 4 rings (SSSR count). The number of carbonyl (C=O) groups excluding carboxylic acids is 1. The van der Waals surface area contributed by atoms with Crippen molar-refractivity contribution in [2.75, 3.05) is 5.32 Å². The van der Waals surface area contributed by atoms with Crippen LogP contribution in [-0.2, 0) is 10.2 Å². The van der Waals surface area contributed by atoms with E-state index >= 15 is 0 Å². The van der Waals surface area contributed by atoms with Crippen molar-refractivity contribution in [3.63, 3.8) is 0 Å². The van der Waals surface area contributed by atoms with Gasteiger partial charge >= 0.3 is 0 Å². The highest BCUT2D eigenvalue weighted by atomic mass is 35.5. The largest absolute Gasteiger partial charge is 0.326 e. The van der Waals surface area contributed by atoms with Crippen molar-refractivity contribution in [1.29, 1.82) is 0 Å². The SMILES string of the molecule is CC(=O)Nc1ccc(-n2c(/C=C/c3ccc(C(C)(C)C)cc3)nc3cc(Cl)ccc3c2=O)cc1. The minimum absolute atomic E-state index is 0.0747. The van der Waals surface area contributed by atoms with Crippen LogP contribution in [0.1, 0.15) is 44.6 Å². The van der Waals surface area contributed by atoms with Gasteiger partial charge in [0, 0.05) is 17.6 Å². The molecule has 0 bridgehead atoms. The summed E-state index contributed by atoms with van der Waals surface area (Å²) in [5.41, 5.74) is 3.96. The molecule has 0 fully saturated rings. The molecule has 0 unspecified atom stereocenters. The Morgan fingerprint density at radius 1 is 0.971 bits per heavy atom. The topological polar surface area (TPSA) is 64.0 Å². The van der Waals surface area contributed by atoms with E-state index in [1.54, 1.807) is 47.0 Å². The number of halogens is 1. The van der Waals surface area contributed by atoms with Crippen molar-refractivity contribution in [3.8, 4) is 5.69 Å². The van der Waals surface area contributed by atoms with E-state index in [1.165, 1.54) is 12.5 Å². The Bertz CT molecular complexity index is 1440. The first-order valence-corrected chi connectivity index (χ1v) is 11.4. The van der Waals surface area contributed by atoms with Gasteiger partial charge in [-0.2, -0.15) is 0 Å². The summed E-state index contributed by atoms with van der Waals surface area (Å²) in [6.07, 6.45) is 3.77. The van der Waals surface area contributed by atoms with Crippen molar-refractivity contribution in [3.05, 3.63) is 99.1 Å². The quantitative estimate of drug-likeness (QED) is 0.371. The number of benzene rings is 3. The summed E-state index contributed by atoms with van der Waals surface area (Å²) in [4.78, 5) is 29.6. The standard InChI is InChI=1S/C28H26ClN3O2/c1-18(33)30-22-11-13-23(14-12-22)32-26(31-25-17-21(29)10-15-24(25)27(32)34)16-7-19-5-8-20(9-6-19)28(2,3)4/h5-17H,1-4H3,(H,30,33)/b16-7+. The van der Waals surface area contributed by atoms with E-state index in [-0.39, 0.29) is 16.9 Å².